The molecule has 1 heterocycles. The number of hydrogen-bond donors (Lipinski definition) is 0. The Morgan fingerprint density at radius 1 is 1.50 bits per heavy atom. The van der Waals surface area contributed by atoms with Crippen molar-refractivity contribution in [2.24, 2.45) is 0 Å². The van der Waals surface area contributed by atoms with E-state index in [4.69, 9.17) is 0 Å². The minimum Gasteiger partial charge on any atom is -0.464 e. The highest BCUT2D eigenvalue weighted by atomic mass is 79.9. The Labute approximate surface area is 126 Å². The lowest BCUT2D eigenvalue weighted by Crippen LogP contribution is -2.39. The highest BCUT2D eigenvalue weighted by molar-refractivity contribution is 9.11. The molecule has 1 aromatic rings. The van der Waals surface area contributed by atoms with Gasteiger partial charge >= 0.3 is 5.97 Å². The number of carbonyl (C=O) groups excluding carboxylic acids is 1. The molecule has 0 bridgehead atoms. The lowest BCUT2D eigenvalue weighted by atomic mass is 10.0. The molecule has 0 aliphatic heterocycles. The zero-order valence-corrected chi connectivity index (χ0v) is 13.4. The Bertz CT molecular complexity index is 702. The number of allylic oxidation sites excluding steroid dienone is 3. The molecule has 0 saturated carbocycles. The van der Waals surface area contributed by atoms with Crippen LogP contribution in [-0.2, 0) is 14.8 Å². The van der Waals surface area contributed by atoms with E-state index < -0.39 is 20.7 Å². The van der Waals surface area contributed by atoms with Crippen molar-refractivity contribution in [1.82, 2.24) is 3.97 Å². The van der Waals surface area contributed by atoms with E-state index in [1.807, 2.05) is 0 Å². The van der Waals surface area contributed by atoms with Crippen molar-refractivity contribution in [1.29, 1.82) is 0 Å². The summed E-state index contributed by atoms with van der Waals surface area (Å²) in [5, 5.41) is 0. The lowest BCUT2D eigenvalue weighted by molar-refractivity contribution is 0.0592. The molecule has 1 unspecified atom stereocenters. The molecule has 1 atom stereocenters. The van der Waals surface area contributed by atoms with Crippen LogP contribution in [0, 0.1) is 0 Å². The van der Waals surface area contributed by atoms with Crippen LogP contribution in [0.15, 0.2) is 41.0 Å². The van der Waals surface area contributed by atoms with Gasteiger partial charge in [0.1, 0.15) is 10.4 Å². The second-order valence-electron chi connectivity index (χ2n) is 4.63. The Morgan fingerprint density at radius 2 is 2.20 bits per heavy atom. The van der Waals surface area contributed by atoms with Crippen molar-refractivity contribution >= 4 is 31.9 Å². The summed E-state index contributed by atoms with van der Waals surface area (Å²) < 4.78 is 30.9. The number of aromatic nitrogens is 1. The van der Waals surface area contributed by atoms with Crippen LogP contribution in [-0.4, -0.2) is 30.2 Å². The van der Waals surface area contributed by atoms with Crippen LogP contribution in [0.5, 0.6) is 0 Å². The number of carbonyl (C=O) groups is 1. The van der Waals surface area contributed by atoms with E-state index in [0.29, 0.717) is 6.42 Å². The van der Waals surface area contributed by atoms with Crippen molar-refractivity contribution in [3.63, 3.8) is 0 Å². The van der Waals surface area contributed by atoms with Gasteiger partial charge in [-0.2, -0.15) is 0 Å². The molecule has 2 rings (SSSR count). The summed E-state index contributed by atoms with van der Waals surface area (Å²) in [6.45, 7) is 1.62. The summed E-state index contributed by atoms with van der Waals surface area (Å²) in [5.41, 5.74) is -0.00394. The zero-order chi connectivity index (χ0) is 15.0. The van der Waals surface area contributed by atoms with Gasteiger partial charge in [0, 0.05) is 10.7 Å². The fraction of sp³-hybridized carbons (Fsp3) is 0.308. The van der Waals surface area contributed by atoms with Crippen molar-refractivity contribution in [2.75, 3.05) is 7.11 Å². The molecule has 0 aromatic carbocycles. The van der Waals surface area contributed by atoms with E-state index in [9.17, 15) is 13.2 Å². The molecular formula is C13H14BrNO4S. The number of hydrogen-bond acceptors (Lipinski definition) is 4. The van der Waals surface area contributed by atoms with Crippen LogP contribution in [0.1, 0.15) is 23.8 Å². The van der Waals surface area contributed by atoms with Gasteiger partial charge in [-0.25, -0.2) is 17.2 Å². The summed E-state index contributed by atoms with van der Waals surface area (Å²) in [4.78, 5) is 11.6. The van der Waals surface area contributed by atoms with Gasteiger partial charge in [0.2, 0.25) is 10.0 Å². The monoisotopic (exact) mass is 359 g/mol. The number of rotatable bonds is 3. The molecule has 20 heavy (non-hydrogen) atoms. The van der Waals surface area contributed by atoms with Crippen LogP contribution in [0.3, 0.4) is 0 Å². The van der Waals surface area contributed by atoms with Gasteiger partial charge < -0.3 is 4.74 Å². The van der Waals surface area contributed by atoms with Crippen LogP contribution in [0.25, 0.3) is 0 Å². The number of esters is 1. The van der Waals surface area contributed by atoms with Gasteiger partial charge in [-0.3, -0.25) is 0 Å². The average molecular weight is 360 g/mol. The minimum atomic E-state index is -3.76. The van der Waals surface area contributed by atoms with Gasteiger partial charge in [0.15, 0.2) is 0 Å². The average Bonchev–Trinajstić information content (AvgIpc) is 2.91. The van der Waals surface area contributed by atoms with E-state index in [1.165, 1.54) is 25.4 Å². The molecule has 1 aliphatic carbocycles. The molecule has 1 aromatic heterocycles. The molecule has 108 valence electrons. The van der Waals surface area contributed by atoms with Crippen LogP contribution >= 0.6 is 15.9 Å². The van der Waals surface area contributed by atoms with Gasteiger partial charge in [-0.15, -0.1) is 0 Å². The van der Waals surface area contributed by atoms with Gasteiger partial charge in [-0.1, -0.05) is 34.2 Å². The zero-order valence-electron chi connectivity index (χ0n) is 11.0. The van der Waals surface area contributed by atoms with Crippen LogP contribution < -0.4 is 0 Å². The summed E-state index contributed by atoms with van der Waals surface area (Å²) in [7, 11) is -2.55. The van der Waals surface area contributed by atoms with Crippen molar-refractivity contribution in [2.45, 2.75) is 18.1 Å². The number of nitrogens with zero attached hydrogens (tertiary/aromatic N) is 1. The number of methoxy groups -OCH3 is 1. The third kappa shape index (κ3) is 2.35. The lowest BCUT2D eigenvalue weighted by Gasteiger charge is -2.28. The molecule has 0 radical (unpaired) electrons. The SMILES string of the molecule is COC(=O)c1cccn1S(=O)(=O)C1(C)C=CC(Br)=CC1. The third-order valence-corrected chi connectivity index (χ3v) is 6.16. The minimum absolute atomic E-state index is 0.00394. The van der Waals surface area contributed by atoms with E-state index in [2.05, 4.69) is 20.7 Å². The Kier molecular flexibility index (Phi) is 3.93. The van der Waals surface area contributed by atoms with Crippen molar-refractivity contribution < 1.29 is 17.9 Å². The summed E-state index contributed by atoms with van der Waals surface area (Å²) >= 11 is 3.30. The highest BCUT2D eigenvalue weighted by Crippen LogP contribution is 2.32. The predicted molar refractivity (Wildman–Crippen MR) is 79.3 cm³/mol. The molecule has 0 fully saturated rings. The summed E-state index contributed by atoms with van der Waals surface area (Å²) in [5.74, 6) is -0.682. The maximum absolute atomic E-state index is 12.8. The first kappa shape index (κ1) is 15.1. The first-order chi connectivity index (χ1) is 9.32. The van der Waals surface area contributed by atoms with Crippen LogP contribution in [0.2, 0.25) is 0 Å². The van der Waals surface area contributed by atoms with Crippen LogP contribution in [0.4, 0.5) is 0 Å². The maximum atomic E-state index is 12.8. The Hall–Kier alpha value is -1.34. The smallest absolute Gasteiger partial charge is 0.355 e. The van der Waals surface area contributed by atoms with E-state index >= 15 is 0 Å². The van der Waals surface area contributed by atoms with Gasteiger partial charge in [0.05, 0.1) is 7.11 Å². The molecule has 5 nitrogen and oxygen atoms in total. The fourth-order valence-corrected chi connectivity index (χ4v) is 3.85. The topological polar surface area (TPSA) is 65.4 Å². The Balaban J connectivity index is 2.50. The summed E-state index contributed by atoms with van der Waals surface area (Å²) in [6, 6.07) is 2.93. The van der Waals surface area contributed by atoms with Crippen molar-refractivity contribution in [3.05, 3.63) is 46.7 Å². The largest absolute Gasteiger partial charge is 0.464 e. The maximum Gasteiger partial charge on any atom is 0.355 e. The van der Waals surface area contributed by atoms with Gasteiger partial charge in [0.25, 0.3) is 0 Å². The number of ether oxygens (including phenoxy) is 1. The van der Waals surface area contributed by atoms with E-state index in [-0.39, 0.29) is 5.69 Å². The van der Waals surface area contributed by atoms with E-state index in [1.54, 1.807) is 25.2 Å². The van der Waals surface area contributed by atoms with Crippen molar-refractivity contribution in [3.8, 4) is 0 Å². The molecule has 7 heteroatoms. The first-order valence-electron chi connectivity index (χ1n) is 5.87. The predicted octanol–water partition coefficient (Wildman–Crippen LogP) is 2.45. The fourth-order valence-electron chi connectivity index (χ4n) is 1.95. The molecule has 1 aliphatic rings. The third-order valence-electron chi connectivity index (χ3n) is 3.25. The van der Waals surface area contributed by atoms with E-state index in [0.717, 1.165) is 8.45 Å². The first-order valence-corrected chi connectivity index (χ1v) is 8.11. The molecule has 0 N–H and O–H groups in total. The summed E-state index contributed by atoms with van der Waals surface area (Å²) in [6.07, 6.45) is 6.79. The second-order valence-corrected chi connectivity index (χ2v) is 7.82. The quantitative estimate of drug-likeness (QED) is 0.777. The molecule has 0 spiro atoms. The second kappa shape index (κ2) is 5.21. The molecular weight excluding hydrogens is 346 g/mol. The molecule has 0 saturated heterocycles. The molecule has 0 amide bonds. The van der Waals surface area contributed by atoms with Gasteiger partial charge in [-0.05, 0) is 25.5 Å². The number of halogens is 1. The highest BCUT2D eigenvalue weighted by Gasteiger charge is 2.40. The standard InChI is InChI=1S/C13H14BrNO4S/c1-13(7-5-10(14)6-8-13)20(17,18)15-9-3-4-11(15)12(16)19-2/h3-7,9H,8H2,1-2H3. The Morgan fingerprint density at radius 3 is 2.75 bits per heavy atom. The normalized spacial score (nSPS) is 22.4.